The molecule has 1 unspecified atom stereocenters. The third-order valence-electron chi connectivity index (χ3n) is 3.05. The Morgan fingerprint density at radius 2 is 2.14 bits per heavy atom. The molecule has 0 spiro atoms. The molecule has 0 aliphatic carbocycles. The molecule has 0 aliphatic rings. The molecule has 6 heteroatoms. The fourth-order valence-electron chi connectivity index (χ4n) is 2.01. The number of hydrogen-bond donors (Lipinski definition) is 1. The standard InChI is InChI=1S/C15H11FO4S/c1-19-15(18)11-5-4-10(20-11)14(17)13-6-8-2-3-9(16)7-12(8)21-13/h2-7,14,17H,1H3. The van der Waals surface area contributed by atoms with Crippen LogP contribution in [0.1, 0.15) is 27.3 Å². The number of fused-ring (bicyclic) bond motifs is 1. The Bertz CT molecular complexity index is 805. The number of carbonyl (C=O) groups is 1. The second-order valence-electron chi connectivity index (χ2n) is 4.43. The number of carbonyl (C=O) groups excluding carboxylic acids is 1. The van der Waals surface area contributed by atoms with Crippen molar-refractivity contribution in [1.29, 1.82) is 0 Å². The minimum Gasteiger partial charge on any atom is -0.463 e. The highest BCUT2D eigenvalue weighted by Crippen LogP contribution is 2.34. The molecule has 2 aromatic heterocycles. The Labute approximate surface area is 123 Å². The zero-order valence-corrected chi connectivity index (χ0v) is 11.8. The lowest BCUT2D eigenvalue weighted by molar-refractivity contribution is 0.0558. The quantitative estimate of drug-likeness (QED) is 0.752. The van der Waals surface area contributed by atoms with E-state index in [-0.39, 0.29) is 17.3 Å². The number of aliphatic hydroxyl groups excluding tert-OH is 1. The fourth-order valence-corrected chi connectivity index (χ4v) is 3.09. The van der Waals surface area contributed by atoms with Crippen molar-refractivity contribution in [3.05, 3.63) is 58.6 Å². The van der Waals surface area contributed by atoms with Crippen LogP contribution in [0.15, 0.2) is 40.8 Å². The van der Waals surface area contributed by atoms with E-state index in [1.165, 1.54) is 42.7 Å². The first-order valence-electron chi connectivity index (χ1n) is 6.13. The SMILES string of the molecule is COC(=O)c1ccc(C(O)c2cc3ccc(F)cc3s2)o1. The summed E-state index contributed by atoms with van der Waals surface area (Å²) in [4.78, 5) is 11.9. The molecule has 21 heavy (non-hydrogen) atoms. The second kappa shape index (κ2) is 5.31. The minimum absolute atomic E-state index is 0.0266. The highest BCUT2D eigenvalue weighted by atomic mass is 32.1. The summed E-state index contributed by atoms with van der Waals surface area (Å²) in [6.07, 6.45) is -1.01. The molecule has 4 nitrogen and oxygen atoms in total. The van der Waals surface area contributed by atoms with Crippen molar-refractivity contribution in [3.8, 4) is 0 Å². The molecule has 108 valence electrons. The van der Waals surface area contributed by atoms with E-state index < -0.39 is 12.1 Å². The summed E-state index contributed by atoms with van der Waals surface area (Å²) in [5.74, 6) is -0.663. The summed E-state index contributed by atoms with van der Waals surface area (Å²) in [7, 11) is 1.25. The molecule has 0 saturated heterocycles. The van der Waals surface area contributed by atoms with E-state index in [4.69, 9.17) is 4.42 Å². The molecule has 2 heterocycles. The number of methoxy groups -OCH3 is 1. The van der Waals surface area contributed by atoms with Crippen molar-refractivity contribution in [1.82, 2.24) is 0 Å². The molecule has 1 aromatic carbocycles. The van der Waals surface area contributed by atoms with E-state index in [2.05, 4.69) is 4.74 Å². The summed E-state index contributed by atoms with van der Waals surface area (Å²) < 4.78 is 23.7. The Morgan fingerprint density at radius 1 is 1.33 bits per heavy atom. The molecular weight excluding hydrogens is 295 g/mol. The number of halogens is 1. The van der Waals surface area contributed by atoms with Gasteiger partial charge < -0.3 is 14.3 Å². The average molecular weight is 306 g/mol. The highest BCUT2D eigenvalue weighted by Gasteiger charge is 2.20. The third kappa shape index (κ3) is 2.55. The van der Waals surface area contributed by atoms with Gasteiger partial charge in [0, 0.05) is 9.58 Å². The lowest BCUT2D eigenvalue weighted by atomic mass is 10.2. The van der Waals surface area contributed by atoms with Gasteiger partial charge in [0.05, 0.1) is 7.11 Å². The number of furan rings is 1. The normalized spacial score (nSPS) is 12.5. The van der Waals surface area contributed by atoms with Crippen molar-refractivity contribution in [2.24, 2.45) is 0 Å². The lowest BCUT2D eigenvalue weighted by Gasteiger charge is -2.04. The van der Waals surface area contributed by atoms with E-state index in [1.54, 1.807) is 12.1 Å². The number of benzene rings is 1. The van der Waals surface area contributed by atoms with Crippen LogP contribution in [-0.2, 0) is 4.74 Å². The molecule has 0 radical (unpaired) electrons. The molecule has 0 saturated carbocycles. The van der Waals surface area contributed by atoms with Gasteiger partial charge in [0.2, 0.25) is 5.76 Å². The Hall–Kier alpha value is -2.18. The minimum atomic E-state index is -1.01. The van der Waals surface area contributed by atoms with Crippen LogP contribution in [0.4, 0.5) is 4.39 Å². The molecule has 1 N–H and O–H groups in total. The van der Waals surface area contributed by atoms with Gasteiger partial charge in [0.1, 0.15) is 17.7 Å². The Kier molecular flexibility index (Phi) is 3.48. The Balaban J connectivity index is 1.94. The van der Waals surface area contributed by atoms with Gasteiger partial charge in [-0.1, -0.05) is 6.07 Å². The van der Waals surface area contributed by atoms with Crippen LogP contribution in [-0.4, -0.2) is 18.2 Å². The zero-order valence-electron chi connectivity index (χ0n) is 11.0. The van der Waals surface area contributed by atoms with Gasteiger partial charge in [0.25, 0.3) is 0 Å². The van der Waals surface area contributed by atoms with Gasteiger partial charge in [-0.2, -0.15) is 0 Å². The summed E-state index contributed by atoms with van der Waals surface area (Å²) in [5, 5.41) is 11.1. The highest BCUT2D eigenvalue weighted by molar-refractivity contribution is 7.19. The van der Waals surface area contributed by atoms with Crippen LogP contribution in [0.5, 0.6) is 0 Å². The van der Waals surface area contributed by atoms with Gasteiger partial charge in [-0.25, -0.2) is 9.18 Å². The van der Waals surface area contributed by atoms with Crippen LogP contribution >= 0.6 is 11.3 Å². The van der Waals surface area contributed by atoms with Gasteiger partial charge >= 0.3 is 5.97 Å². The second-order valence-corrected chi connectivity index (χ2v) is 5.54. The summed E-state index contributed by atoms with van der Waals surface area (Å²) in [6.45, 7) is 0. The van der Waals surface area contributed by atoms with Crippen LogP contribution in [0.3, 0.4) is 0 Å². The Morgan fingerprint density at radius 3 is 2.90 bits per heavy atom. The van der Waals surface area contributed by atoms with Crippen molar-refractivity contribution in [3.63, 3.8) is 0 Å². The number of ether oxygens (including phenoxy) is 1. The van der Waals surface area contributed by atoms with E-state index >= 15 is 0 Å². The maximum atomic E-state index is 13.2. The van der Waals surface area contributed by atoms with Crippen molar-refractivity contribution in [2.75, 3.05) is 7.11 Å². The molecule has 0 aliphatic heterocycles. The fraction of sp³-hybridized carbons (Fsp3) is 0.133. The summed E-state index contributed by atoms with van der Waals surface area (Å²) >= 11 is 1.27. The van der Waals surface area contributed by atoms with Crippen LogP contribution < -0.4 is 0 Å². The number of rotatable bonds is 3. The number of esters is 1. The van der Waals surface area contributed by atoms with E-state index in [9.17, 15) is 14.3 Å². The van der Waals surface area contributed by atoms with Crippen LogP contribution in [0.2, 0.25) is 0 Å². The molecule has 3 rings (SSSR count). The monoisotopic (exact) mass is 306 g/mol. The van der Waals surface area contributed by atoms with Crippen molar-refractivity contribution < 1.29 is 23.4 Å². The van der Waals surface area contributed by atoms with E-state index in [0.717, 1.165) is 10.1 Å². The predicted octanol–water partition coefficient (Wildman–Crippen LogP) is 3.50. The van der Waals surface area contributed by atoms with Gasteiger partial charge in [-0.15, -0.1) is 11.3 Å². The van der Waals surface area contributed by atoms with Gasteiger partial charge in [-0.3, -0.25) is 0 Å². The molecule has 0 fully saturated rings. The van der Waals surface area contributed by atoms with Crippen molar-refractivity contribution >= 4 is 27.4 Å². The van der Waals surface area contributed by atoms with Crippen LogP contribution in [0.25, 0.3) is 10.1 Å². The largest absolute Gasteiger partial charge is 0.463 e. The first-order valence-corrected chi connectivity index (χ1v) is 6.95. The number of aliphatic hydroxyl groups is 1. The topological polar surface area (TPSA) is 59.7 Å². The van der Waals surface area contributed by atoms with Gasteiger partial charge in [0.15, 0.2) is 0 Å². The van der Waals surface area contributed by atoms with Crippen molar-refractivity contribution in [2.45, 2.75) is 6.10 Å². The molecule has 0 bridgehead atoms. The number of hydrogen-bond acceptors (Lipinski definition) is 5. The summed E-state index contributed by atoms with van der Waals surface area (Å²) in [5.41, 5.74) is 0. The maximum Gasteiger partial charge on any atom is 0.373 e. The number of thiophene rings is 1. The van der Waals surface area contributed by atoms with E-state index in [1.807, 2.05) is 0 Å². The summed E-state index contributed by atoms with van der Waals surface area (Å²) in [6, 6.07) is 9.16. The molecule has 1 atom stereocenters. The molecular formula is C15H11FO4S. The first kappa shape index (κ1) is 13.8. The van der Waals surface area contributed by atoms with Gasteiger partial charge in [-0.05, 0) is 35.7 Å². The average Bonchev–Trinajstić information content (AvgIpc) is 3.11. The van der Waals surface area contributed by atoms with E-state index in [0.29, 0.717) is 4.88 Å². The molecule has 3 aromatic rings. The molecule has 0 amide bonds. The predicted molar refractivity (Wildman–Crippen MR) is 75.9 cm³/mol. The zero-order chi connectivity index (χ0) is 15.0. The maximum absolute atomic E-state index is 13.2. The lowest BCUT2D eigenvalue weighted by Crippen LogP contribution is -1.99. The smallest absolute Gasteiger partial charge is 0.373 e. The first-order chi connectivity index (χ1) is 10.1. The van der Waals surface area contributed by atoms with Crippen LogP contribution in [0, 0.1) is 5.82 Å². The third-order valence-corrected chi connectivity index (χ3v) is 4.20.